The van der Waals surface area contributed by atoms with Gasteiger partial charge in [0.15, 0.2) is 0 Å². The van der Waals surface area contributed by atoms with E-state index in [1.807, 2.05) is 6.92 Å². The average Bonchev–Trinajstić information content (AvgIpc) is 3.42. The van der Waals surface area contributed by atoms with Crippen LogP contribution in [0.3, 0.4) is 0 Å². The number of anilines is 1. The summed E-state index contributed by atoms with van der Waals surface area (Å²) in [4.78, 5) is 27.5. The predicted octanol–water partition coefficient (Wildman–Crippen LogP) is 4.41. The molecule has 0 spiro atoms. The van der Waals surface area contributed by atoms with E-state index in [-0.39, 0.29) is 28.7 Å². The summed E-state index contributed by atoms with van der Waals surface area (Å²) in [5, 5.41) is 0. The molecule has 1 amide bonds. The summed E-state index contributed by atoms with van der Waals surface area (Å²) in [5.74, 6) is -1.06. The fraction of sp³-hybridized carbons (Fsp3) is 0.333. The molecule has 4 aromatic rings. The van der Waals surface area contributed by atoms with Gasteiger partial charge < -0.3 is 10.6 Å². The minimum absolute atomic E-state index is 0.0842. The maximum atomic E-state index is 15.2. The fourth-order valence-electron chi connectivity index (χ4n) is 5.62. The number of halogens is 4. The van der Waals surface area contributed by atoms with Gasteiger partial charge in [0.05, 0.1) is 35.2 Å². The molecule has 3 aromatic heterocycles. The van der Waals surface area contributed by atoms with Gasteiger partial charge in [0, 0.05) is 18.3 Å². The second-order valence-corrected chi connectivity index (χ2v) is 9.40. The Morgan fingerprint density at radius 1 is 1.17 bits per heavy atom. The van der Waals surface area contributed by atoms with Crippen LogP contribution in [0.5, 0.6) is 0 Å². The third-order valence-electron chi connectivity index (χ3n) is 7.03. The van der Waals surface area contributed by atoms with Crippen molar-refractivity contribution in [2.75, 3.05) is 12.3 Å². The molecular weight excluding hydrogens is 464 g/mol. The first-order valence-electron chi connectivity index (χ1n) is 11.2. The molecule has 1 aliphatic heterocycles. The fourth-order valence-corrected chi connectivity index (χ4v) is 5.62. The van der Waals surface area contributed by atoms with Crippen molar-refractivity contribution in [1.82, 2.24) is 24.3 Å². The second kappa shape index (κ2) is 7.37. The quantitative estimate of drug-likeness (QED) is 0.404. The van der Waals surface area contributed by atoms with Crippen LogP contribution >= 0.6 is 0 Å². The summed E-state index contributed by atoms with van der Waals surface area (Å²) in [6.07, 6.45) is -0.419. The molecule has 1 saturated heterocycles. The third-order valence-corrected chi connectivity index (χ3v) is 7.03. The van der Waals surface area contributed by atoms with E-state index in [0.717, 1.165) is 12.5 Å². The van der Waals surface area contributed by atoms with Crippen molar-refractivity contribution < 1.29 is 22.4 Å². The first-order chi connectivity index (χ1) is 16.6. The Labute approximate surface area is 196 Å². The molecule has 7 nitrogen and oxygen atoms in total. The smallest absolute Gasteiger partial charge is 0.382 e. The van der Waals surface area contributed by atoms with E-state index >= 15 is 4.39 Å². The molecule has 3 atom stereocenters. The third kappa shape index (κ3) is 3.32. The summed E-state index contributed by atoms with van der Waals surface area (Å²) in [7, 11) is 0. The number of hydrogen-bond donors (Lipinski definition) is 1. The van der Waals surface area contributed by atoms with E-state index in [4.69, 9.17) is 5.73 Å². The lowest BCUT2D eigenvalue weighted by molar-refractivity contribution is -0.141. The van der Waals surface area contributed by atoms with Crippen LogP contribution in [-0.2, 0) is 12.6 Å². The zero-order valence-corrected chi connectivity index (χ0v) is 18.6. The van der Waals surface area contributed by atoms with Crippen molar-refractivity contribution in [3.8, 4) is 0 Å². The van der Waals surface area contributed by atoms with E-state index in [1.54, 1.807) is 9.30 Å². The van der Waals surface area contributed by atoms with Gasteiger partial charge in [-0.05, 0) is 42.4 Å². The molecule has 2 N–H and O–H groups in total. The molecule has 6 rings (SSSR count). The first-order valence-corrected chi connectivity index (χ1v) is 11.2. The normalized spacial score (nSPS) is 22.0. The van der Waals surface area contributed by atoms with Crippen molar-refractivity contribution in [3.05, 3.63) is 65.1 Å². The molecule has 1 aliphatic carbocycles. The van der Waals surface area contributed by atoms with Crippen LogP contribution in [0.15, 0.2) is 36.8 Å². The van der Waals surface area contributed by atoms with E-state index in [2.05, 4.69) is 15.0 Å². The number of hydrogen-bond acceptors (Lipinski definition) is 5. The predicted molar refractivity (Wildman–Crippen MR) is 119 cm³/mol. The highest BCUT2D eigenvalue weighted by molar-refractivity contribution is 5.99. The second-order valence-electron chi connectivity index (χ2n) is 9.40. The monoisotopic (exact) mass is 484 g/mol. The summed E-state index contributed by atoms with van der Waals surface area (Å²) >= 11 is 0. The molecule has 11 heteroatoms. The number of pyridine rings is 1. The number of amides is 1. The van der Waals surface area contributed by atoms with Crippen molar-refractivity contribution in [2.24, 2.45) is 11.8 Å². The number of carbonyl (C=O) groups is 1. The molecule has 180 valence electrons. The minimum Gasteiger partial charge on any atom is -0.382 e. The van der Waals surface area contributed by atoms with Crippen LogP contribution in [0.4, 0.5) is 23.4 Å². The average molecular weight is 484 g/mol. The van der Waals surface area contributed by atoms with Gasteiger partial charge >= 0.3 is 6.18 Å². The molecule has 0 saturated carbocycles. The first kappa shape index (κ1) is 21.8. The van der Waals surface area contributed by atoms with Gasteiger partial charge in [-0.3, -0.25) is 9.20 Å². The molecule has 0 radical (unpaired) electrons. The number of alkyl halides is 3. The number of benzene rings is 1. The highest BCUT2D eigenvalue weighted by atomic mass is 19.4. The number of likely N-dealkylation sites (tertiary alicyclic amines) is 1. The molecule has 0 bridgehead atoms. The Morgan fingerprint density at radius 3 is 2.74 bits per heavy atom. The Hall–Kier alpha value is -3.76. The van der Waals surface area contributed by atoms with Gasteiger partial charge in [0.2, 0.25) is 0 Å². The van der Waals surface area contributed by atoms with Gasteiger partial charge in [0.1, 0.15) is 22.8 Å². The number of nitrogens with zero attached hydrogens (tertiary/aromatic N) is 5. The Balaban J connectivity index is 1.44. The van der Waals surface area contributed by atoms with E-state index in [0.29, 0.717) is 35.3 Å². The van der Waals surface area contributed by atoms with Gasteiger partial charge in [-0.15, -0.1) is 0 Å². The molecule has 1 fully saturated rings. The summed E-state index contributed by atoms with van der Waals surface area (Å²) < 4.78 is 56.5. The lowest BCUT2D eigenvalue weighted by Gasteiger charge is -2.41. The van der Waals surface area contributed by atoms with Crippen molar-refractivity contribution in [1.29, 1.82) is 0 Å². The summed E-state index contributed by atoms with van der Waals surface area (Å²) in [6.45, 7) is 2.34. The van der Waals surface area contributed by atoms with Crippen LogP contribution in [0.1, 0.15) is 46.7 Å². The lowest BCUT2D eigenvalue weighted by atomic mass is 9.84. The number of carbonyl (C=O) groups excluding carboxylic acids is 1. The standard InChI is InChI=1S/C24H20F4N6O/c1-11-4-12-5-16-13(2-3-20(31-16)24(26,27)28)21(12)33(9-11)23(35)14-6-18-17(7-15(14)25)32-22(29)19-8-30-10-34(18)19/h2-3,6-8,10-12,21H,4-5,9H2,1H3,(H2,29,32)/t11?,12?,21-/m1/s1. The maximum Gasteiger partial charge on any atom is 0.433 e. The van der Waals surface area contributed by atoms with Crippen LogP contribution in [0, 0.1) is 17.7 Å². The Bertz CT molecular complexity index is 1510. The summed E-state index contributed by atoms with van der Waals surface area (Å²) in [6, 6.07) is 4.50. The lowest BCUT2D eigenvalue weighted by Crippen LogP contribution is -2.44. The molecule has 2 unspecified atom stereocenters. The molecule has 4 heterocycles. The topological polar surface area (TPSA) is 89.4 Å². The van der Waals surface area contributed by atoms with Crippen LogP contribution in [0.2, 0.25) is 0 Å². The maximum absolute atomic E-state index is 15.2. The Morgan fingerprint density at radius 2 is 1.97 bits per heavy atom. The zero-order chi connectivity index (χ0) is 24.6. The molecule has 1 aromatic carbocycles. The van der Waals surface area contributed by atoms with Crippen molar-refractivity contribution >= 4 is 28.3 Å². The number of nitrogens with two attached hydrogens (primary N) is 1. The van der Waals surface area contributed by atoms with Gasteiger partial charge in [-0.2, -0.15) is 13.2 Å². The van der Waals surface area contributed by atoms with Gasteiger partial charge in [-0.1, -0.05) is 13.0 Å². The molecular formula is C24H20F4N6O. The highest BCUT2D eigenvalue weighted by Crippen LogP contribution is 2.47. The molecule has 2 aliphatic rings. The molecule has 35 heavy (non-hydrogen) atoms. The Kier molecular flexibility index (Phi) is 4.58. The largest absolute Gasteiger partial charge is 0.433 e. The van der Waals surface area contributed by atoms with Gasteiger partial charge in [-0.25, -0.2) is 19.3 Å². The van der Waals surface area contributed by atoms with E-state index < -0.39 is 29.6 Å². The van der Waals surface area contributed by atoms with E-state index in [1.165, 1.54) is 30.7 Å². The van der Waals surface area contributed by atoms with Crippen LogP contribution < -0.4 is 5.73 Å². The number of nitrogen functional groups attached to an aromatic ring is 1. The van der Waals surface area contributed by atoms with E-state index in [9.17, 15) is 18.0 Å². The van der Waals surface area contributed by atoms with Crippen molar-refractivity contribution in [2.45, 2.75) is 32.0 Å². The zero-order valence-electron chi connectivity index (χ0n) is 18.6. The SMILES string of the molecule is CC1CC2Cc3nc(C(F)(F)F)ccc3[C@@H]2N(C(=O)c2cc3c(cc2F)nc(N)c2cncn23)C1. The minimum atomic E-state index is -4.55. The van der Waals surface area contributed by atoms with Crippen LogP contribution in [-0.4, -0.2) is 36.7 Å². The summed E-state index contributed by atoms with van der Waals surface area (Å²) in [5.41, 5.74) is 7.08. The number of piperidine rings is 1. The number of imidazole rings is 1. The number of aromatic nitrogens is 4. The number of rotatable bonds is 1. The number of fused-ring (bicyclic) bond motifs is 6. The highest BCUT2D eigenvalue weighted by Gasteiger charge is 2.45. The van der Waals surface area contributed by atoms with Gasteiger partial charge in [0.25, 0.3) is 5.91 Å². The van der Waals surface area contributed by atoms with Crippen LogP contribution in [0.25, 0.3) is 16.6 Å². The van der Waals surface area contributed by atoms with Crippen molar-refractivity contribution in [3.63, 3.8) is 0 Å².